The predicted octanol–water partition coefficient (Wildman–Crippen LogP) is 0.952. The molecule has 1 aromatic heterocycles. The Morgan fingerprint density at radius 3 is 2.48 bits per heavy atom. The summed E-state index contributed by atoms with van der Waals surface area (Å²) in [7, 11) is 1.69. The van der Waals surface area contributed by atoms with Crippen LogP contribution in [0.1, 0.15) is 30.2 Å². The molecule has 0 radical (unpaired) electrons. The minimum Gasteiger partial charge on any atom is -0.444 e. The number of methoxy groups -OCH3 is 1. The second kappa shape index (κ2) is 7.85. The molecule has 0 atom stereocenters. The largest absolute Gasteiger partial charge is 0.444 e. The van der Waals surface area contributed by atoms with Crippen LogP contribution in [0.15, 0.2) is 4.42 Å². The summed E-state index contributed by atoms with van der Waals surface area (Å²) in [6.07, 6.45) is 1.71. The maximum absolute atomic E-state index is 13.1. The fourth-order valence-electron chi connectivity index (χ4n) is 3.84. The number of aryl methyl sites for hydroxylation is 2. The fraction of sp³-hybridized carbons (Fsp3) is 0.778. The minimum absolute atomic E-state index is 0.262. The molecule has 3 heterocycles. The number of carbonyl (C=O) groups is 1. The van der Waals surface area contributed by atoms with Crippen molar-refractivity contribution >= 4 is 5.91 Å². The lowest BCUT2D eigenvalue weighted by Crippen LogP contribution is -2.56. The van der Waals surface area contributed by atoms with Crippen LogP contribution in [0.3, 0.4) is 0 Å². The highest BCUT2D eigenvalue weighted by atomic mass is 16.5. The molecule has 1 aromatic rings. The molecule has 2 saturated heterocycles. The van der Waals surface area contributed by atoms with E-state index in [2.05, 4.69) is 15.2 Å². The van der Waals surface area contributed by atoms with Gasteiger partial charge in [-0.05, 0) is 39.8 Å². The second-order valence-corrected chi connectivity index (χ2v) is 7.28. The Balaban J connectivity index is 1.56. The van der Waals surface area contributed by atoms with E-state index in [0.29, 0.717) is 13.2 Å². The molecule has 1 N–H and O–H groups in total. The smallest absolute Gasteiger partial charge is 0.231 e. The summed E-state index contributed by atoms with van der Waals surface area (Å²) in [6, 6.07) is 0. The van der Waals surface area contributed by atoms with Crippen molar-refractivity contribution in [3.05, 3.63) is 17.3 Å². The van der Waals surface area contributed by atoms with Crippen LogP contribution < -0.4 is 5.32 Å². The van der Waals surface area contributed by atoms with Gasteiger partial charge in [0.2, 0.25) is 11.8 Å². The van der Waals surface area contributed by atoms with Crippen LogP contribution in [0.2, 0.25) is 0 Å². The molecule has 3 rings (SSSR count). The third-order valence-electron chi connectivity index (χ3n) is 5.53. The van der Waals surface area contributed by atoms with Crippen molar-refractivity contribution in [1.29, 1.82) is 0 Å². The van der Waals surface area contributed by atoms with Gasteiger partial charge in [-0.3, -0.25) is 9.69 Å². The van der Waals surface area contributed by atoms with Gasteiger partial charge < -0.3 is 19.4 Å². The first-order valence-electron chi connectivity index (χ1n) is 9.18. The first kappa shape index (κ1) is 18.4. The normalized spacial score (nSPS) is 21.5. The number of aromatic nitrogens is 1. The van der Waals surface area contributed by atoms with E-state index in [-0.39, 0.29) is 11.3 Å². The van der Waals surface area contributed by atoms with Crippen LogP contribution in [0.5, 0.6) is 0 Å². The summed E-state index contributed by atoms with van der Waals surface area (Å²) >= 11 is 0. The highest BCUT2D eigenvalue weighted by Crippen LogP contribution is 2.32. The number of amides is 1. The Kier molecular flexibility index (Phi) is 5.76. The Morgan fingerprint density at radius 1 is 1.24 bits per heavy atom. The molecule has 0 aromatic carbocycles. The van der Waals surface area contributed by atoms with Gasteiger partial charge in [-0.2, -0.15) is 0 Å². The van der Waals surface area contributed by atoms with Crippen molar-refractivity contribution in [3.63, 3.8) is 0 Å². The Labute approximate surface area is 149 Å². The van der Waals surface area contributed by atoms with E-state index in [9.17, 15) is 4.79 Å². The number of nitrogens with zero attached hydrogens (tertiary/aromatic N) is 3. The summed E-state index contributed by atoms with van der Waals surface area (Å²) in [5.74, 6) is 1.92. The molecule has 2 aliphatic rings. The van der Waals surface area contributed by atoms with Gasteiger partial charge in [0.05, 0.1) is 24.3 Å². The zero-order valence-corrected chi connectivity index (χ0v) is 15.6. The van der Waals surface area contributed by atoms with Crippen LogP contribution in [-0.4, -0.2) is 73.7 Å². The van der Waals surface area contributed by atoms with Gasteiger partial charge in [-0.1, -0.05) is 0 Å². The highest BCUT2D eigenvalue weighted by Gasteiger charge is 2.42. The zero-order chi connectivity index (χ0) is 17.9. The standard InChI is InChI=1S/C18H30N4O3/c1-14-15(2)25-16(20-14)12-21-8-10-22(11-9-21)17(23)18(13-24-3)4-6-19-7-5-18/h19H,4-13H2,1-3H3. The highest BCUT2D eigenvalue weighted by molar-refractivity contribution is 5.83. The first-order valence-corrected chi connectivity index (χ1v) is 9.18. The first-order chi connectivity index (χ1) is 12.0. The van der Waals surface area contributed by atoms with E-state index in [1.807, 2.05) is 18.7 Å². The summed E-state index contributed by atoms with van der Waals surface area (Å²) in [4.78, 5) is 21.9. The number of oxazole rings is 1. The Morgan fingerprint density at radius 2 is 1.92 bits per heavy atom. The van der Waals surface area contributed by atoms with Crippen molar-refractivity contribution in [2.24, 2.45) is 5.41 Å². The van der Waals surface area contributed by atoms with Crippen LogP contribution in [-0.2, 0) is 16.1 Å². The molecule has 0 saturated carbocycles. The van der Waals surface area contributed by atoms with Gasteiger partial charge in [0.25, 0.3) is 0 Å². The minimum atomic E-state index is -0.348. The Bertz CT molecular complexity index is 562. The number of piperazine rings is 1. The number of rotatable bonds is 5. The van der Waals surface area contributed by atoms with Crippen molar-refractivity contribution in [3.8, 4) is 0 Å². The number of nitrogens with one attached hydrogen (secondary N) is 1. The monoisotopic (exact) mass is 350 g/mol. The molecule has 7 heteroatoms. The second-order valence-electron chi connectivity index (χ2n) is 7.28. The summed E-state index contributed by atoms with van der Waals surface area (Å²) in [6.45, 7) is 10.1. The van der Waals surface area contributed by atoms with Crippen LogP contribution >= 0.6 is 0 Å². The van der Waals surface area contributed by atoms with E-state index in [1.54, 1.807) is 7.11 Å². The van der Waals surface area contributed by atoms with Gasteiger partial charge >= 0.3 is 0 Å². The van der Waals surface area contributed by atoms with Gasteiger partial charge in [0.1, 0.15) is 5.76 Å². The van der Waals surface area contributed by atoms with E-state index in [4.69, 9.17) is 9.15 Å². The average Bonchev–Trinajstić information content (AvgIpc) is 2.93. The lowest BCUT2D eigenvalue weighted by atomic mass is 9.78. The number of carbonyl (C=O) groups excluding carboxylic acids is 1. The molecule has 2 fully saturated rings. The molecule has 0 bridgehead atoms. The summed E-state index contributed by atoms with van der Waals surface area (Å²) in [5, 5.41) is 3.34. The molecular formula is C18H30N4O3. The SMILES string of the molecule is COCC1(C(=O)N2CCN(Cc3nc(C)c(C)o3)CC2)CCNCC1. The Hall–Kier alpha value is -1.44. The molecule has 140 valence electrons. The molecule has 2 aliphatic heterocycles. The third kappa shape index (κ3) is 4.04. The number of ether oxygens (including phenoxy) is 1. The van der Waals surface area contributed by atoms with Gasteiger partial charge in [0, 0.05) is 33.3 Å². The molecule has 0 unspecified atom stereocenters. The maximum atomic E-state index is 13.1. The number of hydrogen-bond donors (Lipinski definition) is 1. The van der Waals surface area contributed by atoms with Gasteiger partial charge in [0.15, 0.2) is 0 Å². The zero-order valence-electron chi connectivity index (χ0n) is 15.6. The third-order valence-corrected chi connectivity index (χ3v) is 5.53. The molecule has 0 spiro atoms. The predicted molar refractivity (Wildman–Crippen MR) is 94.2 cm³/mol. The lowest BCUT2D eigenvalue weighted by molar-refractivity contribution is -0.149. The van der Waals surface area contributed by atoms with Crippen LogP contribution in [0.4, 0.5) is 0 Å². The molecule has 7 nitrogen and oxygen atoms in total. The molecule has 0 aliphatic carbocycles. The van der Waals surface area contributed by atoms with Crippen LogP contribution in [0.25, 0.3) is 0 Å². The van der Waals surface area contributed by atoms with Crippen molar-refractivity contribution in [2.75, 3.05) is 53.0 Å². The van der Waals surface area contributed by atoms with Gasteiger partial charge in [-0.15, -0.1) is 0 Å². The summed E-state index contributed by atoms with van der Waals surface area (Å²) < 4.78 is 11.1. The number of hydrogen-bond acceptors (Lipinski definition) is 6. The van der Waals surface area contributed by atoms with E-state index < -0.39 is 0 Å². The van der Waals surface area contributed by atoms with Crippen molar-refractivity contribution < 1.29 is 13.9 Å². The molecule has 25 heavy (non-hydrogen) atoms. The van der Waals surface area contributed by atoms with E-state index >= 15 is 0 Å². The summed E-state index contributed by atoms with van der Waals surface area (Å²) in [5.41, 5.74) is 0.607. The molecular weight excluding hydrogens is 320 g/mol. The molecule has 1 amide bonds. The van der Waals surface area contributed by atoms with Gasteiger partial charge in [-0.25, -0.2) is 4.98 Å². The number of piperidine rings is 1. The topological polar surface area (TPSA) is 70.8 Å². The van der Waals surface area contributed by atoms with Crippen molar-refractivity contribution in [1.82, 2.24) is 20.1 Å². The average molecular weight is 350 g/mol. The lowest BCUT2D eigenvalue weighted by Gasteiger charge is -2.42. The maximum Gasteiger partial charge on any atom is 0.231 e. The van der Waals surface area contributed by atoms with E-state index in [1.165, 1.54) is 0 Å². The van der Waals surface area contributed by atoms with Crippen LogP contribution in [0, 0.1) is 19.3 Å². The van der Waals surface area contributed by atoms with E-state index in [0.717, 1.165) is 69.5 Å². The fourth-order valence-corrected chi connectivity index (χ4v) is 3.84. The van der Waals surface area contributed by atoms with Crippen molar-refractivity contribution in [2.45, 2.75) is 33.2 Å². The quantitative estimate of drug-likeness (QED) is 0.853.